The molecule has 0 radical (unpaired) electrons. The second-order valence-corrected chi connectivity index (χ2v) is 3.02. The summed E-state index contributed by atoms with van der Waals surface area (Å²) in [5.41, 5.74) is 1.54. The van der Waals surface area contributed by atoms with Crippen molar-refractivity contribution in [3.63, 3.8) is 0 Å². The van der Waals surface area contributed by atoms with Crippen LogP contribution in [0.1, 0.15) is 0 Å². The fourth-order valence-corrected chi connectivity index (χ4v) is 1.17. The van der Waals surface area contributed by atoms with Crippen LogP contribution in [0.4, 0.5) is 17.2 Å². The lowest BCUT2D eigenvalue weighted by Crippen LogP contribution is -1.94. The van der Waals surface area contributed by atoms with Crippen LogP contribution in [0.15, 0.2) is 42.9 Å². The lowest BCUT2D eigenvalue weighted by molar-refractivity contribution is -0.389. The predicted molar refractivity (Wildman–Crippen MR) is 58.4 cm³/mol. The van der Waals surface area contributed by atoms with Crippen LogP contribution in [0.5, 0.6) is 0 Å². The van der Waals surface area contributed by atoms with Crippen molar-refractivity contribution in [1.29, 1.82) is 0 Å². The summed E-state index contributed by atoms with van der Waals surface area (Å²) >= 11 is 0. The molecule has 2 aromatic heterocycles. The molecule has 6 heteroatoms. The minimum Gasteiger partial charge on any atom is -0.358 e. The van der Waals surface area contributed by atoms with Gasteiger partial charge in [-0.3, -0.25) is 4.98 Å². The van der Waals surface area contributed by atoms with Crippen LogP contribution < -0.4 is 5.32 Å². The van der Waals surface area contributed by atoms with Gasteiger partial charge in [-0.05, 0) is 28.1 Å². The van der Waals surface area contributed by atoms with E-state index in [1.165, 1.54) is 12.3 Å². The molecule has 1 N–H and O–H groups in total. The minimum absolute atomic E-state index is 0.166. The van der Waals surface area contributed by atoms with Gasteiger partial charge in [-0.25, -0.2) is 0 Å². The molecule has 0 amide bonds. The fraction of sp³-hybridized carbons (Fsp3) is 0. The SMILES string of the molecule is O=[N+]([O-])c1ccc(Nc2ccncc2)cn1. The van der Waals surface area contributed by atoms with E-state index >= 15 is 0 Å². The molecule has 0 fully saturated rings. The molecule has 0 aliphatic carbocycles. The van der Waals surface area contributed by atoms with Gasteiger partial charge in [-0.2, -0.15) is 0 Å². The highest BCUT2D eigenvalue weighted by atomic mass is 16.6. The normalized spacial score (nSPS) is 9.75. The quantitative estimate of drug-likeness (QED) is 0.627. The monoisotopic (exact) mass is 216 g/mol. The van der Waals surface area contributed by atoms with Crippen molar-refractivity contribution in [3.8, 4) is 0 Å². The average molecular weight is 216 g/mol. The van der Waals surface area contributed by atoms with Crippen molar-refractivity contribution < 1.29 is 4.92 Å². The zero-order valence-corrected chi connectivity index (χ0v) is 8.20. The summed E-state index contributed by atoms with van der Waals surface area (Å²) < 4.78 is 0. The van der Waals surface area contributed by atoms with Crippen LogP contribution in [-0.2, 0) is 0 Å². The Morgan fingerprint density at radius 3 is 2.44 bits per heavy atom. The number of pyridine rings is 2. The molecule has 0 atom stereocenters. The van der Waals surface area contributed by atoms with Crippen LogP contribution in [-0.4, -0.2) is 14.9 Å². The topological polar surface area (TPSA) is 81.0 Å². The molecule has 2 rings (SSSR count). The third-order valence-corrected chi connectivity index (χ3v) is 1.90. The number of aromatic nitrogens is 2. The van der Waals surface area contributed by atoms with Gasteiger partial charge in [0.1, 0.15) is 0 Å². The van der Waals surface area contributed by atoms with Gasteiger partial charge in [0.2, 0.25) is 0 Å². The number of hydrogen-bond acceptors (Lipinski definition) is 5. The summed E-state index contributed by atoms with van der Waals surface area (Å²) in [6, 6.07) is 6.54. The Morgan fingerprint density at radius 1 is 1.12 bits per heavy atom. The third kappa shape index (κ3) is 2.30. The summed E-state index contributed by atoms with van der Waals surface area (Å²) in [5.74, 6) is -0.166. The van der Waals surface area contributed by atoms with Gasteiger partial charge in [-0.1, -0.05) is 0 Å². The number of hydrogen-bond donors (Lipinski definition) is 1. The van der Waals surface area contributed by atoms with Crippen molar-refractivity contribution in [2.24, 2.45) is 0 Å². The predicted octanol–water partition coefficient (Wildman–Crippen LogP) is 2.13. The van der Waals surface area contributed by atoms with Gasteiger partial charge < -0.3 is 15.4 Å². The molecular weight excluding hydrogens is 208 g/mol. The highest BCUT2D eigenvalue weighted by molar-refractivity contribution is 5.58. The molecule has 6 nitrogen and oxygen atoms in total. The molecule has 0 aliphatic rings. The van der Waals surface area contributed by atoms with Gasteiger partial charge in [-0.15, -0.1) is 0 Å². The van der Waals surface area contributed by atoms with E-state index in [0.717, 1.165) is 5.69 Å². The second kappa shape index (κ2) is 4.35. The molecule has 16 heavy (non-hydrogen) atoms. The molecule has 0 bridgehead atoms. The third-order valence-electron chi connectivity index (χ3n) is 1.90. The zero-order chi connectivity index (χ0) is 11.4. The maximum Gasteiger partial charge on any atom is 0.363 e. The number of nitrogens with one attached hydrogen (secondary N) is 1. The number of anilines is 2. The maximum atomic E-state index is 10.4. The first kappa shape index (κ1) is 10.0. The van der Waals surface area contributed by atoms with Crippen LogP contribution in [0.2, 0.25) is 0 Å². The highest BCUT2D eigenvalue weighted by Crippen LogP contribution is 2.16. The van der Waals surface area contributed by atoms with E-state index in [0.29, 0.717) is 5.69 Å². The summed E-state index contributed by atoms with van der Waals surface area (Å²) in [7, 11) is 0. The molecular formula is C10H8N4O2. The highest BCUT2D eigenvalue weighted by Gasteiger charge is 2.05. The van der Waals surface area contributed by atoms with E-state index in [-0.39, 0.29) is 5.82 Å². The van der Waals surface area contributed by atoms with Gasteiger partial charge in [0.15, 0.2) is 6.20 Å². The minimum atomic E-state index is -0.532. The maximum absolute atomic E-state index is 10.4. The average Bonchev–Trinajstić information content (AvgIpc) is 2.31. The van der Waals surface area contributed by atoms with Crippen molar-refractivity contribution >= 4 is 17.2 Å². The van der Waals surface area contributed by atoms with Crippen molar-refractivity contribution in [2.75, 3.05) is 5.32 Å². The summed E-state index contributed by atoms with van der Waals surface area (Å²) in [6.45, 7) is 0. The Hall–Kier alpha value is -2.50. The number of nitro groups is 1. The first-order valence-electron chi connectivity index (χ1n) is 4.53. The lowest BCUT2D eigenvalue weighted by Gasteiger charge is -2.02. The van der Waals surface area contributed by atoms with Crippen LogP contribution in [0.25, 0.3) is 0 Å². The Labute approximate surface area is 91.1 Å². The van der Waals surface area contributed by atoms with Crippen LogP contribution >= 0.6 is 0 Å². The molecule has 2 heterocycles. The number of rotatable bonds is 3. The molecule has 0 unspecified atom stereocenters. The van der Waals surface area contributed by atoms with Gasteiger partial charge in [0.25, 0.3) is 0 Å². The van der Waals surface area contributed by atoms with E-state index < -0.39 is 4.92 Å². The van der Waals surface area contributed by atoms with Crippen molar-refractivity contribution in [1.82, 2.24) is 9.97 Å². The van der Waals surface area contributed by atoms with Crippen LogP contribution in [0, 0.1) is 10.1 Å². The van der Waals surface area contributed by atoms with Crippen molar-refractivity contribution in [3.05, 3.63) is 53.0 Å². The zero-order valence-electron chi connectivity index (χ0n) is 8.20. The summed E-state index contributed by atoms with van der Waals surface area (Å²) in [5, 5.41) is 13.4. The molecule has 0 saturated carbocycles. The van der Waals surface area contributed by atoms with Gasteiger partial charge in [0.05, 0.1) is 5.69 Å². The van der Waals surface area contributed by atoms with E-state index in [2.05, 4.69) is 15.3 Å². The molecule has 0 spiro atoms. The van der Waals surface area contributed by atoms with Crippen molar-refractivity contribution in [2.45, 2.75) is 0 Å². The fourth-order valence-electron chi connectivity index (χ4n) is 1.17. The molecule has 2 aromatic rings. The second-order valence-electron chi connectivity index (χ2n) is 3.02. The van der Waals surface area contributed by atoms with Crippen LogP contribution in [0.3, 0.4) is 0 Å². The Balaban J connectivity index is 2.14. The molecule has 0 saturated heterocycles. The first-order valence-corrected chi connectivity index (χ1v) is 4.53. The number of nitrogens with zero attached hydrogens (tertiary/aromatic N) is 3. The Morgan fingerprint density at radius 2 is 1.88 bits per heavy atom. The smallest absolute Gasteiger partial charge is 0.358 e. The summed E-state index contributed by atoms with van der Waals surface area (Å²) in [6.07, 6.45) is 4.72. The van der Waals surface area contributed by atoms with Gasteiger partial charge >= 0.3 is 5.82 Å². The van der Waals surface area contributed by atoms with E-state index in [4.69, 9.17) is 0 Å². The molecule has 0 aliphatic heterocycles. The first-order chi connectivity index (χ1) is 7.75. The summed E-state index contributed by atoms with van der Waals surface area (Å²) in [4.78, 5) is 17.4. The standard InChI is InChI=1S/C10H8N4O2/c15-14(16)10-2-1-9(7-12-10)13-8-3-5-11-6-4-8/h1-7H,(H,11,13). The Kier molecular flexibility index (Phi) is 2.73. The van der Waals surface area contributed by atoms with E-state index in [1.807, 2.05) is 0 Å². The largest absolute Gasteiger partial charge is 0.363 e. The van der Waals surface area contributed by atoms with E-state index in [9.17, 15) is 10.1 Å². The lowest BCUT2D eigenvalue weighted by atomic mass is 10.3. The molecule has 0 aromatic carbocycles. The van der Waals surface area contributed by atoms with Gasteiger partial charge in [0, 0.05) is 24.1 Å². The molecule has 80 valence electrons. The Bertz CT molecular complexity index is 484. The van der Waals surface area contributed by atoms with E-state index in [1.54, 1.807) is 30.6 Å².